The average Bonchev–Trinajstić information content (AvgIpc) is 2.05. The minimum absolute atomic E-state index is 0.259. The van der Waals surface area contributed by atoms with Gasteiger partial charge in [-0.2, -0.15) is 0 Å². The van der Waals surface area contributed by atoms with Gasteiger partial charge in [0.15, 0.2) is 0 Å². The lowest BCUT2D eigenvalue weighted by Gasteiger charge is -2.17. The molecule has 0 fully saturated rings. The third kappa shape index (κ3) is 1.28. The fourth-order valence-corrected chi connectivity index (χ4v) is 1.46. The van der Waals surface area contributed by atoms with E-state index in [2.05, 4.69) is 18.3 Å². The van der Waals surface area contributed by atoms with Crippen LogP contribution in [0.15, 0.2) is 18.3 Å². The van der Waals surface area contributed by atoms with Crippen LogP contribution in [0.3, 0.4) is 0 Å². The van der Waals surface area contributed by atoms with Gasteiger partial charge in [-0.05, 0) is 18.6 Å². The zero-order valence-electron chi connectivity index (χ0n) is 7.12. The summed E-state index contributed by atoms with van der Waals surface area (Å²) >= 11 is 0. The highest BCUT2D eigenvalue weighted by Crippen LogP contribution is 2.07. The molecule has 1 atom stereocenters. The Labute approximate surface area is 71.7 Å². The molecule has 2 rings (SSSR count). The molecule has 3 nitrogen and oxygen atoms in total. The van der Waals surface area contributed by atoms with Crippen LogP contribution in [0.5, 0.6) is 0 Å². The predicted octanol–water partition coefficient (Wildman–Crippen LogP) is 0.0689. The molecule has 3 heteroatoms. The number of β-amino-alcohol motifs (C(OH)–C–C–N with tert-alkyl or cyclic N) is 1. The average molecular weight is 165 g/mol. The van der Waals surface area contributed by atoms with Gasteiger partial charge in [0.2, 0.25) is 0 Å². The van der Waals surface area contributed by atoms with Gasteiger partial charge in [-0.1, -0.05) is 0 Å². The molecule has 0 saturated heterocycles. The molecule has 1 aromatic rings. The highest BCUT2D eigenvalue weighted by Gasteiger charge is 2.20. The zero-order valence-corrected chi connectivity index (χ0v) is 7.12. The quantitative estimate of drug-likeness (QED) is 0.534. The van der Waals surface area contributed by atoms with Gasteiger partial charge in [0.1, 0.15) is 19.2 Å². The second kappa shape index (κ2) is 2.75. The number of pyridine rings is 1. The Kier molecular flexibility index (Phi) is 1.73. The molecule has 0 aliphatic carbocycles. The van der Waals surface area contributed by atoms with E-state index in [1.54, 1.807) is 0 Å². The maximum atomic E-state index is 9.34. The first-order valence-corrected chi connectivity index (χ1v) is 4.18. The summed E-state index contributed by atoms with van der Waals surface area (Å²) in [7, 11) is 0. The second-order valence-electron chi connectivity index (χ2n) is 3.28. The summed E-state index contributed by atoms with van der Waals surface area (Å²) in [5.74, 6) is 1.10. The maximum Gasteiger partial charge on any atom is 0.274 e. The van der Waals surface area contributed by atoms with Crippen molar-refractivity contribution in [1.82, 2.24) is 0 Å². The molecular formula is C9H13N2O+. The van der Waals surface area contributed by atoms with Crippen LogP contribution in [-0.4, -0.2) is 17.8 Å². The number of nitrogens with zero attached hydrogens (tertiary/aromatic N) is 1. The van der Waals surface area contributed by atoms with E-state index >= 15 is 0 Å². The summed E-state index contributed by atoms with van der Waals surface area (Å²) < 4.78 is 2.03. The fraction of sp³-hybridized carbons (Fsp3) is 0.444. The van der Waals surface area contributed by atoms with Crippen molar-refractivity contribution in [2.45, 2.75) is 19.6 Å². The molecule has 12 heavy (non-hydrogen) atoms. The third-order valence-corrected chi connectivity index (χ3v) is 2.12. The molecule has 0 aromatic carbocycles. The number of nitrogens with one attached hydrogen (secondary N) is 1. The first kappa shape index (κ1) is 7.55. The summed E-state index contributed by atoms with van der Waals surface area (Å²) in [6.45, 7) is 3.42. The second-order valence-corrected chi connectivity index (χ2v) is 3.28. The van der Waals surface area contributed by atoms with E-state index in [0.29, 0.717) is 13.1 Å². The number of anilines is 1. The van der Waals surface area contributed by atoms with Gasteiger partial charge in [-0.15, -0.1) is 0 Å². The van der Waals surface area contributed by atoms with Gasteiger partial charge >= 0.3 is 0 Å². The minimum Gasteiger partial charge on any atom is -0.385 e. The topological polar surface area (TPSA) is 36.1 Å². The number of aliphatic hydroxyl groups is 1. The number of aromatic nitrogens is 1. The zero-order chi connectivity index (χ0) is 8.55. The van der Waals surface area contributed by atoms with Gasteiger partial charge in [-0.3, -0.25) is 5.32 Å². The Morgan fingerprint density at radius 1 is 1.67 bits per heavy atom. The van der Waals surface area contributed by atoms with E-state index in [4.69, 9.17) is 0 Å². The summed E-state index contributed by atoms with van der Waals surface area (Å²) in [4.78, 5) is 0. The van der Waals surface area contributed by atoms with Crippen molar-refractivity contribution in [3.63, 3.8) is 0 Å². The molecule has 1 unspecified atom stereocenters. The van der Waals surface area contributed by atoms with E-state index in [-0.39, 0.29) is 6.10 Å². The summed E-state index contributed by atoms with van der Waals surface area (Å²) in [6.07, 6.45) is 1.74. The standard InChI is InChI=1S/C9H12N2O/c1-7-2-3-11-6-8(12)5-10-9(11)4-7/h2-4,8,12H,5-6H2,1H3/p+1. The Bertz CT molecular complexity index is 299. The molecule has 64 valence electrons. The van der Waals surface area contributed by atoms with Crippen LogP contribution in [0.1, 0.15) is 5.56 Å². The van der Waals surface area contributed by atoms with Gasteiger partial charge in [0.25, 0.3) is 5.82 Å². The van der Waals surface area contributed by atoms with Crippen LogP contribution in [-0.2, 0) is 6.54 Å². The number of hydrogen-bond acceptors (Lipinski definition) is 2. The minimum atomic E-state index is -0.259. The van der Waals surface area contributed by atoms with Crippen LogP contribution in [0.4, 0.5) is 5.82 Å². The van der Waals surface area contributed by atoms with Crippen LogP contribution < -0.4 is 9.88 Å². The smallest absolute Gasteiger partial charge is 0.274 e. The molecule has 0 bridgehead atoms. The highest BCUT2D eigenvalue weighted by atomic mass is 16.3. The molecule has 0 amide bonds. The van der Waals surface area contributed by atoms with Crippen LogP contribution >= 0.6 is 0 Å². The summed E-state index contributed by atoms with van der Waals surface area (Å²) in [6, 6.07) is 4.13. The fourth-order valence-electron chi connectivity index (χ4n) is 1.46. The lowest BCUT2D eigenvalue weighted by atomic mass is 10.2. The molecule has 1 aliphatic rings. The first-order chi connectivity index (χ1) is 5.75. The monoisotopic (exact) mass is 165 g/mol. The number of hydrogen-bond donors (Lipinski definition) is 2. The van der Waals surface area contributed by atoms with E-state index in [0.717, 1.165) is 5.82 Å². The number of rotatable bonds is 0. The van der Waals surface area contributed by atoms with Crippen molar-refractivity contribution in [1.29, 1.82) is 0 Å². The molecule has 0 radical (unpaired) electrons. The van der Waals surface area contributed by atoms with E-state index in [1.807, 2.05) is 16.8 Å². The van der Waals surface area contributed by atoms with E-state index < -0.39 is 0 Å². The van der Waals surface area contributed by atoms with Crippen molar-refractivity contribution in [3.05, 3.63) is 23.9 Å². The first-order valence-electron chi connectivity index (χ1n) is 4.18. The Morgan fingerprint density at radius 2 is 2.50 bits per heavy atom. The Hall–Kier alpha value is -1.09. The van der Waals surface area contributed by atoms with Gasteiger partial charge in [0.05, 0.1) is 6.20 Å². The Morgan fingerprint density at radius 3 is 3.33 bits per heavy atom. The van der Waals surface area contributed by atoms with Gasteiger partial charge in [-0.25, -0.2) is 4.57 Å². The molecule has 2 N–H and O–H groups in total. The van der Waals surface area contributed by atoms with Crippen LogP contribution in [0.25, 0.3) is 0 Å². The molecular weight excluding hydrogens is 152 g/mol. The van der Waals surface area contributed by atoms with Crippen LogP contribution in [0, 0.1) is 6.92 Å². The van der Waals surface area contributed by atoms with Gasteiger partial charge in [0, 0.05) is 6.07 Å². The van der Waals surface area contributed by atoms with E-state index in [9.17, 15) is 5.11 Å². The Balaban J connectivity index is 2.37. The van der Waals surface area contributed by atoms with Crippen molar-refractivity contribution >= 4 is 5.82 Å². The number of fused-ring (bicyclic) bond motifs is 1. The normalized spacial score (nSPS) is 21.3. The van der Waals surface area contributed by atoms with Crippen molar-refractivity contribution in [2.24, 2.45) is 0 Å². The lowest BCUT2D eigenvalue weighted by Crippen LogP contribution is -2.49. The number of aryl methyl sites for hydroxylation is 1. The van der Waals surface area contributed by atoms with Crippen molar-refractivity contribution in [3.8, 4) is 0 Å². The largest absolute Gasteiger partial charge is 0.385 e. The third-order valence-electron chi connectivity index (χ3n) is 2.12. The predicted molar refractivity (Wildman–Crippen MR) is 45.9 cm³/mol. The van der Waals surface area contributed by atoms with Crippen LogP contribution in [0.2, 0.25) is 0 Å². The lowest BCUT2D eigenvalue weighted by molar-refractivity contribution is -0.693. The molecule has 2 heterocycles. The van der Waals surface area contributed by atoms with Crippen molar-refractivity contribution < 1.29 is 9.67 Å². The molecule has 0 spiro atoms. The van der Waals surface area contributed by atoms with Crippen molar-refractivity contribution in [2.75, 3.05) is 11.9 Å². The highest BCUT2D eigenvalue weighted by molar-refractivity contribution is 5.32. The SMILES string of the molecule is Cc1cc[n+]2c(c1)NCC(O)C2. The summed E-state index contributed by atoms with van der Waals surface area (Å²) in [5.41, 5.74) is 1.24. The molecule has 0 saturated carbocycles. The van der Waals surface area contributed by atoms with Gasteiger partial charge < -0.3 is 5.11 Å². The molecule has 1 aliphatic heterocycles. The maximum absolute atomic E-state index is 9.34. The molecule has 1 aromatic heterocycles. The van der Waals surface area contributed by atoms with E-state index in [1.165, 1.54) is 5.56 Å². The number of aliphatic hydroxyl groups excluding tert-OH is 1. The summed E-state index contributed by atoms with van der Waals surface area (Å²) in [5, 5.41) is 12.5.